The summed E-state index contributed by atoms with van der Waals surface area (Å²) in [5.41, 5.74) is 4.90. The van der Waals surface area contributed by atoms with Gasteiger partial charge in [0.25, 0.3) is 5.91 Å². The van der Waals surface area contributed by atoms with E-state index in [9.17, 15) is 14.0 Å². The highest BCUT2D eigenvalue weighted by Crippen LogP contribution is 2.27. The number of carbonyl (C=O) groups excluding carboxylic acids is 2. The first kappa shape index (κ1) is 28.2. The fraction of sp³-hybridized carbons (Fsp3) is 0.161. The topological polar surface area (TPSA) is 128 Å². The number of hydrogen-bond donors (Lipinski definition) is 5. The van der Waals surface area contributed by atoms with Crippen molar-refractivity contribution in [2.75, 3.05) is 36.6 Å². The van der Waals surface area contributed by atoms with Gasteiger partial charge in [-0.2, -0.15) is 0 Å². The molecule has 0 aliphatic carbocycles. The third-order valence-corrected chi connectivity index (χ3v) is 6.49. The second-order valence-corrected chi connectivity index (χ2v) is 10.1. The van der Waals surface area contributed by atoms with Crippen LogP contribution in [0.15, 0.2) is 79.0 Å². The Morgan fingerprint density at radius 1 is 0.976 bits per heavy atom. The maximum absolute atomic E-state index is 13.2. The molecule has 0 spiro atoms. The van der Waals surface area contributed by atoms with Crippen molar-refractivity contribution in [1.82, 2.24) is 20.2 Å². The molecule has 42 heavy (non-hydrogen) atoms. The van der Waals surface area contributed by atoms with Gasteiger partial charge in [0.1, 0.15) is 5.82 Å². The molecule has 214 valence electrons. The number of rotatable bonds is 10. The molecule has 10 nitrogen and oxygen atoms in total. The van der Waals surface area contributed by atoms with Crippen LogP contribution in [0, 0.1) is 12.7 Å². The summed E-state index contributed by atoms with van der Waals surface area (Å²) in [4.78, 5) is 38.4. The van der Waals surface area contributed by atoms with Gasteiger partial charge in [-0.1, -0.05) is 35.3 Å². The van der Waals surface area contributed by atoms with E-state index >= 15 is 0 Å². The van der Waals surface area contributed by atoms with Crippen LogP contribution in [0.2, 0.25) is 0 Å². The average molecular weight is 568 g/mol. The van der Waals surface area contributed by atoms with E-state index in [2.05, 4.69) is 31.2 Å². The Hall–Kier alpha value is -5.29. The second-order valence-electron chi connectivity index (χ2n) is 10.1. The Balaban J connectivity index is 1.38. The summed E-state index contributed by atoms with van der Waals surface area (Å²) >= 11 is 0. The summed E-state index contributed by atoms with van der Waals surface area (Å²) in [7, 11) is 3.68. The summed E-state index contributed by atoms with van der Waals surface area (Å²) in [6.45, 7) is 2.49. The number of nitrogens with zero attached hydrogens (tertiary/aromatic N) is 2. The number of aromatic nitrogens is 3. The molecule has 2 heterocycles. The molecule has 0 fully saturated rings. The molecule has 0 radical (unpaired) electrons. The van der Waals surface area contributed by atoms with Crippen molar-refractivity contribution < 1.29 is 19.0 Å². The molecule has 5 aromatic rings. The van der Waals surface area contributed by atoms with E-state index in [-0.39, 0.29) is 30.7 Å². The second kappa shape index (κ2) is 12.5. The van der Waals surface area contributed by atoms with E-state index in [1.165, 1.54) is 12.1 Å². The fourth-order valence-electron chi connectivity index (χ4n) is 4.39. The number of H-pyrrole nitrogens is 2. The Labute approximate surface area is 242 Å². The van der Waals surface area contributed by atoms with E-state index in [0.717, 1.165) is 27.8 Å². The lowest BCUT2D eigenvalue weighted by atomic mass is 10.1. The highest BCUT2D eigenvalue weighted by molar-refractivity contribution is 6.01. The number of hydrogen-bond acceptors (Lipinski definition) is 6. The molecule has 2 amide bonds. The number of amides is 2. The highest BCUT2D eigenvalue weighted by Gasteiger charge is 2.19. The Kier molecular flexibility index (Phi) is 8.39. The molecule has 0 atom stereocenters. The number of para-hydroxylation sites is 1. The Morgan fingerprint density at radius 3 is 2.55 bits per heavy atom. The maximum atomic E-state index is 13.2. The Morgan fingerprint density at radius 2 is 1.76 bits per heavy atom. The third-order valence-electron chi connectivity index (χ3n) is 6.49. The van der Waals surface area contributed by atoms with Crippen molar-refractivity contribution in [3.8, 4) is 0 Å². The number of anilines is 5. The van der Waals surface area contributed by atoms with Crippen molar-refractivity contribution in [1.29, 1.82) is 0 Å². The van der Waals surface area contributed by atoms with Gasteiger partial charge in [-0.05, 0) is 74.6 Å². The molecule has 2 aromatic heterocycles. The van der Waals surface area contributed by atoms with Crippen LogP contribution in [0.25, 0.3) is 11.0 Å². The van der Waals surface area contributed by atoms with Gasteiger partial charge < -0.3 is 20.9 Å². The minimum Gasteiger partial charge on any atom is -0.348 e. The van der Waals surface area contributed by atoms with Crippen LogP contribution >= 0.6 is 0 Å². The third kappa shape index (κ3) is 6.88. The summed E-state index contributed by atoms with van der Waals surface area (Å²) in [6, 6.07) is 20.7. The first-order valence-corrected chi connectivity index (χ1v) is 13.4. The van der Waals surface area contributed by atoms with E-state index in [1.54, 1.807) is 41.4 Å². The average Bonchev–Trinajstić information content (AvgIpc) is 3.43. The van der Waals surface area contributed by atoms with E-state index < -0.39 is 0 Å². The molecule has 0 bridgehead atoms. The first-order valence-electron chi connectivity index (χ1n) is 13.4. The molecule has 0 saturated carbocycles. The monoisotopic (exact) mass is 567 g/mol. The molecule has 5 rings (SSSR count). The molecule has 0 aliphatic heterocycles. The van der Waals surface area contributed by atoms with Crippen LogP contribution in [0.3, 0.4) is 0 Å². The van der Waals surface area contributed by atoms with Crippen LogP contribution < -0.4 is 26.3 Å². The largest absolute Gasteiger partial charge is 0.351 e. The van der Waals surface area contributed by atoms with Gasteiger partial charge in [-0.25, -0.2) is 9.37 Å². The van der Waals surface area contributed by atoms with Gasteiger partial charge >= 0.3 is 5.95 Å². The normalized spacial score (nSPS) is 11.0. The van der Waals surface area contributed by atoms with Crippen LogP contribution in [-0.4, -0.2) is 47.3 Å². The van der Waals surface area contributed by atoms with Crippen molar-refractivity contribution in [2.24, 2.45) is 0 Å². The van der Waals surface area contributed by atoms with Crippen LogP contribution in [0.4, 0.5) is 33.2 Å². The number of aryl methyl sites for hydroxylation is 1. The Bertz CT molecular complexity index is 1730. The summed E-state index contributed by atoms with van der Waals surface area (Å²) in [6.07, 6.45) is 1.80. The van der Waals surface area contributed by atoms with Crippen molar-refractivity contribution >= 4 is 51.7 Å². The molecule has 3 aromatic carbocycles. The number of benzene rings is 3. The number of fused-ring (bicyclic) bond motifs is 1. The zero-order chi connectivity index (χ0) is 29.6. The number of halogens is 1. The summed E-state index contributed by atoms with van der Waals surface area (Å²) < 4.78 is 13.2. The van der Waals surface area contributed by atoms with Gasteiger partial charge in [-0.15, -0.1) is 0 Å². The molecule has 0 saturated heterocycles. The number of carbonyl (C=O) groups is 2. The maximum Gasteiger partial charge on any atom is 0.351 e. The van der Waals surface area contributed by atoms with Gasteiger partial charge in [-0.3, -0.25) is 19.9 Å². The van der Waals surface area contributed by atoms with Gasteiger partial charge in [0.05, 0.1) is 28.9 Å². The van der Waals surface area contributed by atoms with E-state index in [4.69, 9.17) is 4.98 Å². The lowest BCUT2D eigenvalue weighted by Gasteiger charge is -2.13. The zero-order valence-corrected chi connectivity index (χ0v) is 23.5. The van der Waals surface area contributed by atoms with Gasteiger partial charge in [0.2, 0.25) is 17.4 Å². The van der Waals surface area contributed by atoms with Crippen molar-refractivity contribution in [3.63, 3.8) is 0 Å². The fourth-order valence-corrected chi connectivity index (χ4v) is 4.39. The molecule has 0 unspecified atom stereocenters. The lowest BCUT2D eigenvalue weighted by molar-refractivity contribution is -0.333. The van der Waals surface area contributed by atoms with Crippen LogP contribution in [0.1, 0.15) is 21.5 Å². The standard InChI is InChI=1S/C31H31FN8O2/c1-19-8-13-22(35-27(41)18-40(2)3)16-26(19)37-31-38-28-24(14-15-33-28)29(39-31)36-25-7-5-4-6-23(25)30(42)34-17-20-9-11-21(32)12-10-20/h4-16H,17-18H2,1-3H3,(H,34,42)(H,35,41)(H3,33,36,37,38,39)/p+1. The quantitative estimate of drug-likeness (QED) is 0.166. The van der Waals surface area contributed by atoms with Crippen LogP contribution in [-0.2, 0) is 11.3 Å². The summed E-state index contributed by atoms with van der Waals surface area (Å²) in [5.74, 6) is 0.258. The molecule has 0 aliphatic rings. The highest BCUT2D eigenvalue weighted by atomic mass is 19.1. The number of likely N-dealkylation sites (N-methyl/N-ethyl adjacent to an activating group) is 1. The minimum absolute atomic E-state index is 0.112. The summed E-state index contributed by atoms with van der Waals surface area (Å²) in [5, 5.41) is 13.2. The van der Waals surface area contributed by atoms with Gasteiger partial charge in [0.15, 0.2) is 0 Å². The molecular weight excluding hydrogens is 535 g/mol. The van der Waals surface area contributed by atoms with Crippen LogP contribution in [0.5, 0.6) is 0 Å². The number of nitrogens with one attached hydrogen (secondary N) is 6. The smallest absolute Gasteiger partial charge is 0.348 e. The predicted molar refractivity (Wildman–Crippen MR) is 162 cm³/mol. The minimum atomic E-state index is -0.327. The zero-order valence-electron chi connectivity index (χ0n) is 23.5. The molecule has 6 N–H and O–H groups in total. The predicted octanol–water partition coefficient (Wildman–Crippen LogP) is 4.74. The SMILES string of the molecule is Cc1ccc(NC(=O)CN(C)C)cc1Nc1nc(Nc2ccccc2C(=O)NCc2ccc(F)cc2)c2cc[nH]c2[nH+]1. The first-order chi connectivity index (χ1) is 20.2. The van der Waals surface area contributed by atoms with E-state index in [0.29, 0.717) is 28.7 Å². The van der Waals surface area contributed by atoms with Crippen molar-refractivity contribution in [2.45, 2.75) is 13.5 Å². The number of aromatic amines is 2. The van der Waals surface area contributed by atoms with Crippen molar-refractivity contribution in [3.05, 3.63) is 102 Å². The van der Waals surface area contributed by atoms with Gasteiger partial charge in [0, 0.05) is 18.4 Å². The molecule has 11 heteroatoms. The van der Waals surface area contributed by atoms with E-state index in [1.807, 2.05) is 51.4 Å². The molecular formula is C31H32FN8O2+. The lowest BCUT2D eigenvalue weighted by Crippen LogP contribution is -2.27.